The van der Waals surface area contributed by atoms with Gasteiger partial charge < -0.3 is 24.8 Å². The summed E-state index contributed by atoms with van der Waals surface area (Å²) in [5.41, 5.74) is 2.21. The summed E-state index contributed by atoms with van der Waals surface area (Å²) in [6.07, 6.45) is 3.97. The summed E-state index contributed by atoms with van der Waals surface area (Å²) in [5, 5.41) is 3.04. The van der Waals surface area contributed by atoms with Crippen molar-refractivity contribution in [3.05, 3.63) is 17.7 Å². The van der Waals surface area contributed by atoms with Crippen LogP contribution in [0.3, 0.4) is 0 Å². The van der Waals surface area contributed by atoms with Gasteiger partial charge >= 0.3 is 12.1 Å². The highest BCUT2D eigenvalue weighted by atomic mass is 16.6. The number of nitrogens with zero attached hydrogens (tertiary/aromatic N) is 3. The quantitative estimate of drug-likeness (QED) is 0.840. The van der Waals surface area contributed by atoms with Crippen LogP contribution in [0.25, 0.3) is 0 Å². The molecule has 1 unspecified atom stereocenters. The number of aromatic amines is 1. The molecule has 120 valence electrons. The fourth-order valence-corrected chi connectivity index (χ4v) is 2.81. The third-order valence-electron chi connectivity index (χ3n) is 4.21. The Morgan fingerprint density at radius 1 is 1.64 bits per heavy atom. The fourth-order valence-electron chi connectivity index (χ4n) is 2.81. The van der Waals surface area contributed by atoms with Gasteiger partial charge in [-0.1, -0.05) is 0 Å². The van der Waals surface area contributed by atoms with Crippen molar-refractivity contribution in [1.29, 1.82) is 0 Å². The van der Waals surface area contributed by atoms with Crippen LogP contribution in [0, 0.1) is 0 Å². The zero-order valence-corrected chi connectivity index (χ0v) is 12.7. The summed E-state index contributed by atoms with van der Waals surface area (Å²) in [6, 6.07) is 0.0141. The molecule has 8 heteroatoms. The number of amides is 3. The van der Waals surface area contributed by atoms with Gasteiger partial charge in [0.15, 0.2) is 0 Å². The molecule has 3 amide bonds. The number of fused-ring (bicyclic) bond motifs is 1. The Bertz CT molecular complexity index is 558. The number of hydrogen-bond donors (Lipinski definition) is 2. The second-order valence-corrected chi connectivity index (χ2v) is 5.74. The summed E-state index contributed by atoms with van der Waals surface area (Å²) in [6.45, 7) is 2.02. The molecule has 1 fully saturated rings. The lowest BCUT2D eigenvalue weighted by Gasteiger charge is -2.26. The molecule has 1 saturated heterocycles. The molecule has 0 bridgehead atoms. The molecule has 8 nitrogen and oxygen atoms in total. The van der Waals surface area contributed by atoms with E-state index in [0.29, 0.717) is 26.2 Å². The van der Waals surface area contributed by atoms with Crippen molar-refractivity contribution in [3.8, 4) is 0 Å². The van der Waals surface area contributed by atoms with Crippen molar-refractivity contribution >= 4 is 12.1 Å². The Balaban J connectivity index is 1.44. The van der Waals surface area contributed by atoms with Crippen molar-refractivity contribution < 1.29 is 14.3 Å². The predicted octanol–water partition coefficient (Wildman–Crippen LogP) is 0.361. The average molecular weight is 307 g/mol. The summed E-state index contributed by atoms with van der Waals surface area (Å²) >= 11 is 0. The summed E-state index contributed by atoms with van der Waals surface area (Å²) in [7, 11) is 1.74. The molecule has 0 radical (unpaired) electrons. The number of cyclic esters (lactones) is 1. The standard InChI is InChI=1S/C14H21N5O3/c1-18(4-5-19-6-7-22-14(19)21)13(20)17-10-2-3-11-12(8-10)16-9-15-11/h9-10H,2-8H2,1H3,(H,15,16)(H,17,20). The highest BCUT2D eigenvalue weighted by Crippen LogP contribution is 2.17. The zero-order chi connectivity index (χ0) is 15.5. The fraction of sp³-hybridized carbons (Fsp3) is 0.643. The molecular formula is C14H21N5O3. The molecule has 1 aromatic rings. The first-order valence-corrected chi connectivity index (χ1v) is 7.58. The number of urea groups is 1. The van der Waals surface area contributed by atoms with E-state index in [1.54, 1.807) is 23.2 Å². The maximum Gasteiger partial charge on any atom is 0.409 e. The number of aromatic nitrogens is 2. The van der Waals surface area contributed by atoms with E-state index in [2.05, 4.69) is 15.3 Å². The van der Waals surface area contributed by atoms with E-state index in [0.717, 1.165) is 30.7 Å². The van der Waals surface area contributed by atoms with Gasteiger partial charge in [-0.2, -0.15) is 0 Å². The van der Waals surface area contributed by atoms with E-state index in [9.17, 15) is 9.59 Å². The van der Waals surface area contributed by atoms with Crippen LogP contribution in [-0.2, 0) is 17.6 Å². The third-order valence-corrected chi connectivity index (χ3v) is 4.21. The van der Waals surface area contributed by atoms with Crippen LogP contribution in [0.1, 0.15) is 17.8 Å². The number of aryl methyl sites for hydroxylation is 1. The molecule has 3 rings (SSSR count). The van der Waals surface area contributed by atoms with Crippen LogP contribution in [0.4, 0.5) is 9.59 Å². The number of nitrogens with one attached hydrogen (secondary N) is 2. The normalized spacial score (nSPS) is 20.5. The Hall–Kier alpha value is -2.25. The third kappa shape index (κ3) is 3.15. The van der Waals surface area contributed by atoms with E-state index in [4.69, 9.17) is 4.74 Å². The first-order valence-electron chi connectivity index (χ1n) is 7.58. The molecule has 0 spiro atoms. The van der Waals surface area contributed by atoms with Crippen LogP contribution >= 0.6 is 0 Å². The Morgan fingerprint density at radius 2 is 2.50 bits per heavy atom. The van der Waals surface area contributed by atoms with E-state index in [-0.39, 0.29) is 18.2 Å². The Labute approximate surface area is 128 Å². The lowest BCUT2D eigenvalue weighted by atomic mass is 9.96. The minimum atomic E-state index is -0.298. The van der Waals surface area contributed by atoms with Crippen molar-refractivity contribution in [2.75, 3.05) is 33.3 Å². The van der Waals surface area contributed by atoms with E-state index in [1.807, 2.05) is 0 Å². The number of likely N-dealkylation sites (N-methyl/N-ethyl adjacent to an activating group) is 1. The van der Waals surface area contributed by atoms with Crippen molar-refractivity contribution in [2.24, 2.45) is 0 Å². The van der Waals surface area contributed by atoms with Crippen LogP contribution < -0.4 is 5.32 Å². The number of hydrogen-bond acceptors (Lipinski definition) is 4. The highest BCUT2D eigenvalue weighted by Gasteiger charge is 2.25. The van der Waals surface area contributed by atoms with E-state index in [1.165, 1.54) is 0 Å². The van der Waals surface area contributed by atoms with Gasteiger partial charge in [0.2, 0.25) is 0 Å². The number of ether oxygens (including phenoxy) is 1. The monoisotopic (exact) mass is 307 g/mol. The van der Waals surface area contributed by atoms with E-state index < -0.39 is 0 Å². The molecule has 0 saturated carbocycles. The largest absolute Gasteiger partial charge is 0.448 e. The number of carbonyl (C=O) groups excluding carboxylic acids is 2. The topological polar surface area (TPSA) is 90.6 Å². The Morgan fingerprint density at radius 3 is 3.27 bits per heavy atom. The van der Waals surface area contributed by atoms with Crippen LogP contribution in [0.15, 0.2) is 6.33 Å². The summed E-state index contributed by atoms with van der Waals surface area (Å²) in [5.74, 6) is 0. The lowest BCUT2D eigenvalue weighted by molar-refractivity contribution is 0.154. The van der Waals surface area contributed by atoms with Crippen molar-refractivity contribution in [1.82, 2.24) is 25.1 Å². The number of rotatable bonds is 4. The van der Waals surface area contributed by atoms with Gasteiger partial charge in [0, 0.05) is 38.3 Å². The minimum absolute atomic E-state index is 0.111. The first-order chi connectivity index (χ1) is 10.6. The Kier molecular flexibility index (Phi) is 4.17. The van der Waals surface area contributed by atoms with Crippen molar-refractivity contribution in [3.63, 3.8) is 0 Å². The molecule has 1 aliphatic carbocycles. The molecule has 1 aliphatic heterocycles. The van der Waals surface area contributed by atoms with Gasteiger partial charge in [0.05, 0.1) is 18.6 Å². The molecule has 0 aromatic carbocycles. The van der Waals surface area contributed by atoms with Gasteiger partial charge in [0.25, 0.3) is 0 Å². The second-order valence-electron chi connectivity index (χ2n) is 5.74. The minimum Gasteiger partial charge on any atom is -0.448 e. The zero-order valence-electron chi connectivity index (χ0n) is 12.7. The summed E-state index contributed by atoms with van der Waals surface area (Å²) < 4.78 is 4.86. The molecule has 22 heavy (non-hydrogen) atoms. The molecular weight excluding hydrogens is 286 g/mol. The average Bonchev–Trinajstić information content (AvgIpc) is 3.13. The van der Waals surface area contributed by atoms with Crippen LogP contribution in [-0.4, -0.2) is 71.2 Å². The van der Waals surface area contributed by atoms with Crippen molar-refractivity contribution in [2.45, 2.75) is 25.3 Å². The summed E-state index contributed by atoms with van der Waals surface area (Å²) in [4.78, 5) is 34.1. The predicted molar refractivity (Wildman–Crippen MR) is 78.5 cm³/mol. The molecule has 1 aromatic heterocycles. The molecule has 2 N–H and O–H groups in total. The van der Waals surface area contributed by atoms with Gasteiger partial charge in [-0.25, -0.2) is 14.6 Å². The van der Waals surface area contributed by atoms with Gasteiger partial charge in [-0.3, -0.25) is 0 Å². The number of H-pyrrole nitrogens is 1. The lowest BCUT2D eigenvalue weighted by Crippen LogP contribution is -2.47. The maximum atomic E-state index is 12.2. The number of imidazole rings is 1. The van der Waals surface area contributed by atoms with Gasteiger partial charge in [-0.15, -0.1) is 0 Å². The maximum absolute atomic E-state index is 12.2. The highest BCUT2D eigenvalue weighted by molar-refractivity contribution is 5.74. The molecule has 2 aliphatic rings. The second kappa shape index (κ2) is 6.25. The molecule has 1 atom stereocenters. The van der Waals surface area contributed by atoms with Crippen LogP contribution in [0.5, 0.6) is 0 Å². The van der Waals surface area contributed by atoms with Gasteiger partial charge in [-0.05, 0) is 12.8 Å². The number of carbonyl (C=O) groups is 2. The van der Waals surface area contributed by atoms with Crippen LogP contribution in [0.2, 0.25) is 0 Å². The van der Waals surface area contributed by atoms with E-state index >= 15 is 0 Å². The SMILES string of the molecule is CN(CCN1CCOC1=O)C(=O)NC1CCc2nc[nH]c2C1. The smallest absolute Gasteiger partial charge is 0.409 e. The first kappa shape index (κ1) is 14.7. The van der Waals surface area contributed by atoms with Gasteiger partial charge in [0.1, 0.15) is 6.61 Å². The molecule has 2 heterocycles.